The molecule has 2 aliphatic carbocycles. The second-order valence-corrected chi connectivity index (χ2v) is 20.4. The van der Waals surface area contributed by atoms with Crippen LogP contribution in [0.5, 0.6) is 5.75 Å². The molecule has 0 spiro atoms. The van der Waals surface area contributed by atoms with Crippen LogP contribution in [-0.2, 0) is 33.0 Å². The molecule has 7 atom stereocenters. The fourth-order valence-corrected chi connectivity index (χ4v) is 8.95. The normalized spacial score (nSPS) is 30.0. The van der Waals surface area contributed by atoms with Gasteiger partial charge in [0.1, 0.15) is 24.6 Å². The zero-order chi connectivity index (χ0) is 34.9. The monoisotopic (exact) mass is 669 g/mol. The maximum absolute atomic E-state index is 13.0. The van der Waals surface area contributed by atoms with Crippen LogP contribution in [0.1, 0.15) is 74.1 Å². The number of carbonyl (C=O) groups excluding carboxylic acids is 3. The van der Waals surface area contributed by atoms with Gasteiger partial charge in [-0.1, -0.05) is 47.3 Å². The molecule has 10 heteroatoms. The summed E-state index contributed by atoms with van der Waals surface area (Å²) in [4.78, 5) is 38.0. The Balaban J connectivity index is 1.79. The summed E-state index contributed by atoms with van der Waals surface area (Å²) in [7, 11) is -0.567. The first kappa shape index (κ1) is 36.7. The third-order valence-corrected chi connectivity index (χ3v) is 16.0. The van der Waals surface area contributed by atoms with Crippen LogP contribution in [0, 0.1) is 22.7 Å². The molecule has 3 aliphatic rings. The Morgan fingerprint density at radius 3 is 2.40 bits per heavy atom. The van der Waals surface area contributed by atoms with Gasteiger partial charge in [0.15, 0.2) is 8.32 Å². The minimum atomic E-state index is -2.19. The lowest BCUT2D eigenvalue weighted by molar-refractivity contribution is -0.192. The molecule has 0 radical (unpaired) electrons. The molecular weight excluding hydrogens is 614 g/mol. The molecule has 1 aromatic carbocycles. The lowest BCUT2D eigenvalue weighted by Gasteiger charge is -2.62. The minimum Gasteiger partial charge on any atom is -0.497 e. The Morgan fingerprint density at radius 2 is 1.83 bits per heavy atom. The number of esters is 3. The predicted octanol–water partition coefficient (Wildman–Crippen LogP) is 7.23. The van der Waals surface area contributed by atoms with E-state index < -0.39 is 25.9 Å². The minimum absolute atomic E-state index is 0.00938. The average Bonchev–Trinajstić information content (AvgIpc) is 3.41. The summed E-state index contributed by atoms with van der Waals surface area (Å²) in [5.74, 6) is -0.565. The third kappa shape index (κ3) is 7.64. The zero-order valence-electron chi connectivity index (χ0n) is 30.0. The standard InChI is InChI=1S/C37H55NO8Si/c1-23-29(20-30(28-16-18-43-34(28)41)38-26-13-12-14-27(19-26)42-9)36(7)17-15-33(46-25(3)40)37(8,22-44-47(10,11)35(4,5)6)32(36)21-31(23)45-24(2)39/h12-14,16,19,29-33,38H,1,15,17-18,20-22H2,2-11H3/t29-,30-,31+,32+,33-,36+,37+/m1/s1. The van der Waals surface area contributed by atoms with Crippen molar-refractivity contribution in [3.05, 3.63) is 48.1 Å². The maximum Gasteiger partial charge on any atom is 0.336 e. The van der Waals surface area contributed by atoms with E-state index in [0.29, 0.717) is 37.2 Å². The molecule has 2 fully saturated rings. The highest BCUT2D eigenvalue weighted by Crippen LogP contribution is 2.63. The molecule has 0 bridgehead atoms. The number of fused-ring (bicyclic) bond motifs is 1. The molecule has 0 aromatic heterocycles. The Kier molecular flexibility index (Phi) is 10.8. The summed E-state index contributed by atoms with van der Waals surface area (Å²) in [5.41, 5.74) is 1.29. The number of ether oxygens (including phenoxy) is 4. The van der Waals surface area contributed by atoms with Crippen LogP contribution in [0.25, 0.3) is 0 Å². The molecule has 9 nitrogen and oxygen atoms in total. The predicted molar refractivity (Wildman–Crippen MR) is 185 cm³/mol. The van der Waals surface area contributed by atoms with Gasteiger partial charge in [-0.05, 0) is 84.8 Å². The molecular formula is C37H55NO8Si. The lowest BCUT2D eigenvalue weighted by Crippen LogP contribution is -2.62. The first-order chi connectivity index (χ1) is 21.8. The summed E-state index contributed by atoms with van der Waals surface area (Å²) in [6.07, 6.45) is 3.40. The second kappa shape index (κ2) is 13.8. The first-order valence-corrected chi connectivity index (χ1v) is 19.7. The highest BCUT2D eigenvalue weighted by molar-refractivity contribution is 6.74. The van der Waals surface area contributed by atoms with Crippen molar-refractivity contribution >= 4 is 31.9 Å². The molecule has 0 amide bonds. The quantitative estimate of drug-likeness (QED) is 0.113. The van der Waals surface area contributed by atoms with Gasteiger partial charge in [0, 0.05) is 37.6 Å². The Labute approximate surface area is 281 Å². The van der Waals surface area contributed by atoms with Crippen LogP contribution < -0.4 is 10.1 Å². The fourth-order valence-electron chi connectivity index (χ4n) is 7.85. The Morgan fingerprint density at radius 1 is 1.15 bits per heavy atom. The van der Waals surface area contributed by atoms with Gasteiger partial charge < -0.3 is 28.7 Å². The van der Waals surface area contributed by atoms with E-state index in [1.165, 1.54) is 13.8 Å². The summed E-state index contributed by atoms with van der Waals surface area (Å²) >= 11 is 0. The van der Waals surface area contributed by atoms with Gasteiger partial charge in [-0.2, -0.15) is 0 Å². The molecule has 47 heavy (non-hydrogen) atoms. The molecule has 4 rings (SSSR count). The van der Waals surface area contributed by atoms with E-state index in [9.17, 15) is 14.4 Å². The van der Waals surface area contributed by atoms with Crippen molar-refractivity contribution in [2.75, 3.05) is 25.6 Å². The van der Waals surface area contributed by atoms with Gasteiger partial charge in [0.05, 0.1) is 18.7 Å². The van der Waals surface area contributed by atoms with Gasteiger partial charge in [-0.25, -0.2) is 4.79 Å². The second-order valence-electron chi connectivity index (χ2n) is 15.6. The number of hydrogen-bond acceptors (Lipinski definition) is 9. The van der Waals surface area contributed by atoms with E-state index in [4.69, 9.17) is 23.4 Å². The van der Waals surface area contributed by atoms with Crippen LogP contribution in [0.15, 0.2) is 48.1 Å². The van der Waals surface area contributed by atoms with E-state index >= 15 is 0 Å². The first-order valence-electron chi connectivity index (χ1n) is 16.8. The molecule has 0 saturated heterocycles. The van der Waals surface area contributed by atoms with E-state index in [1.54, 1.807) is 7.11 Å². The summed E-state index contributed by atoms with van der Waals surface area (Å²) in [6, 6.07) is 7.20. The number of cyclic esters (lactones) is 1. The summed E-state index contributed by atoms with van der Waals surface area (Å²) in [6.45, 7) is 23.6. The molecule has 1 aliphatic heterocycles. The lowest BCUT2D eigenvalue weighted by atomic mass is 9.45. The van der Waals surface area contributed by atoms with Gasteiger partial charge in [0.2, 0.25) is 0 Å². The highest BCUT2D eigenvalue weighted by Gasteiger charge is 2.62. The van der Waals surface area contributed by atoms with Crippen LogP contribution in [-0.4, -0.2) is 64.8 Å². The zero-order valence-corrected chi connectivity index (χ0v) is 31.0. The number of methoxy groups -OCH3 is 1. The maximum atomic E-state index is 13.0. The van der Waals surface area contributed by atoms with Crippen molar-refractivity contribution in [1.29, 1.82) is 0 Å². The van der Waals surface area contributed by atoms with Crippen molar-refractivity contribution in [3.8, 4) is 5.75 Å². The molecule has 1 aromatic rings. The third-order valence-electron chi connectivity index (χ3n) is 11.6. The van der Waals surface area contributed by atoms with E-state index in [1.807, 2.05) is 30.3 Å². The van der Waals surface area contributed by atoms with Gasteiger partial charge in [0.25, 0.3) is 0 Å². The topological polar surface area (TPSA) is 109 Å². The summed E-state index contributed by atoms with van der Waals surface area (Å²) in [5, 5.41) is 3.58. The van der Waals surface area contributed by atoms with Crippen molar-refractivity contribution in [3.63, 3.8) is 0 Å². The Hall–Kier alpha value is -3.11. The molecule has 0 unspecified atom stereocenters. The number of hydrogen-bond donors (Lipinski definition) is 1. The van der Waals surface area contributed by atoms with Crippen LogP contribution in [0.2, 0.25) is 18.1 Å². The molecule has 260 valence electrons. The fraction of sp³-hybridized carbons (Fsp3) is 0.649. The van der Waals surface area contributed by atoms with Crippen molar-refractivity contribution in [2.24, 2.45) is 22.7 Å². The molecule has 1 N–H and O–H groups in total. The highest BCUT2D eigenvalue weighted by atomic mass is 28.4. The average molecular weight is 670 g/mol. The number of benzene rings is 1. The number of anilines is 1. The van der Waals surface area contributed by atoms with E-state index in [0.717, 1.165) is 17.7 Å². The number of carbonyl (C=O) groups is 3. The van der Waals surface area contributed by atoms with Crippen LogP contribution in [0.4, 0.5) is 5.69 Å². The SMILES string of the molecule is C=C1[C@@H](OC(C)=O)C[C@@H]2[C@](C)(CO[Si](C)(C)C(C)(C)C)[C@H](OC(C)=O)CC[C@@]2(C)[C@@H]1C[C@@H](Nc1cccc(OC)c1)C1=CCOC1=O. The van der Waals surface area contributed by atoms with Gasteiger partial charge in [-0.3, -0.25) is 9.59 Å². The molecule has 1 heterocycles. The molecule has 2 saturated carbocycles. The van der Waals surface area contributed by atoms with Gasteiger partial charge >= 0.3 is 17.9 Å². The van der Waals surface area contributed by atoms with Crippen LogP contribution in [0.3, 0.4) is 0 Å². The van der Waals surface area contributed by atoms with E-state index in [2.05, 4.69) is 59.6 Å². The van der Waals surface area contributed by atoms with E-state index in [-0.39, 0.29) is 52.9 Å². The van der Waals surface area contributed by atoms with Crippen molar-refractivity contribution < 1.29 is 37.8 Å². The smallest absolute Gasteiger partial charge is 0.336 e. The van der Waals surface area contributed by atoms with Gasteiger partial charge in [-0.15, -0.1) is 0 Å². The summed E-state index contributed by atoms with van der Waals surface area (Å²) < 4.78 is 29.8. The van der Waals surface area contributed by atoms with Crippen LogP contribution >= 0.6 is 0 Å². The Bertz CT molecular complexity index is 1400. The van der Waals surface area contributed by atoms with Crippen molar-refractivity contribution in [2.45, 2.75) is 111 Å². The number of rotatable bonds is 11. The number of nitrogens with one attached hydrogen (secondary N) is 1. The largest absolute Gasteiger partial charge is 0.497 e. The van der Waals surface area contributed by atoms with Crippen molar-refractivity contribution in [1.82, 2.24) is 0 Å².